The molecular weight excluding hydrogens is 330 g/mol. The van der Waals surface area contributed by atoms with Crippen molar-refractivity contribution in [3.8, 4) is 0 Å². The summed E-state index contributed by atoms with van der Waals surface area (Å²) in [6.45, 7) is 0. The minimum atomic E-state index is 0.141. The number of hydrogen-bond acceptors (Lipinski definition) is 3. The lowest BCUT2D eigenvalue weighted by molar-refractivity contribution is 0.753. The van der Waals surface area contributed by atoms with Gasteiger partial charge >= 0.3 is 0 Å². The Morgan fingerprint density at radius 2 is 1.41 bits per heavy atom. The topological polar surface area (TPSA) is 50.7 Å². The molecule has 1 aromatic rings. The van der Waals surface area contributed by atoms with Gasteiger partial charge in [0.15, 0.2) is 0 Å². The quantitative estimate of drug-likeness (QED) is 0.813. The van der Waals surface area contributed by atoms with Crippen LogP contribution in [0.1, 0.15) is 5.56 Å². The van der Waals surface area contributed by atoms with Gasteiger partial charge in [0.2, 0.25) is 0 Å². The molecular formula is C24H21N3. The van der Waals surface area contributed by atoms with Crippen molar-refractivity contribution in [2.45, 2.75) is 18.5 Å². The molecule has 3 nitrogen and oxygen atoms in total. The van der Waals surface area contributed by atoms with Crippen LogP contribution in [0.4, 0.5) is 5.69 Å². The van der Waals surface area contributed by atoms with Crippen LogP contribution in [0.2, 0.25) is 0 Å². The fraction of sp³-hybridized carbons (Fsp3) is 0.167. The summed E-state index contributed by atoms with van der Waals surface area (Å²) in [5, 5.41) is 0. The molecule has 0 radical (unpaired) electrons. The number of nitrogen functional groups attached to an aromatic ring is 1. The van der Waals surface area contributed by atoms with Gasteiger partial charge in [0, 0.05) is 24.0 Å². The first-order valence-electron chi connectivity index (χ1n) is 9.39. The highest BCUT2D eigenvalue weighted by Crippen LogP contribution is 2.38. The number of nitrogens with two attached hydrogens (primary N) is 1. The van der Waals surface area contributed by atoms with E-state index in [0.29, 0.717) is 0 Å². The number of para-hydroxylation sites is 1. The number of aliphatic imine (C=N–C) groups is 2. The standard InChI is InChI=1S/C24H21N3/c25-22-10-4-1-7-16(22)13-19(20-14-26-23-11-5-2-8-17(20)23)21-15-27-24-12-6-3-9-18(21)24/h1-12,14-15,19,23-24H,13,25H2. The van der Waals surface area contributed by atoms with Crippen LogP contribution >= 0.6 is 0 Å². The van der Waals surface area contributed by atoms with E-state index in [1.54, 1.807) is 0 Å². The van der Waals surface area contributed by atoms with Crippen LogP contribution < -0.4 is 5.73 Å². The summed E-state index contributed by atoms with van der Waals surface area (Å²) in [5.41, 5.74) is 13.4. The zero-order valence-corrected chi connectivity index (χ0v) is 15.0. The van der Waals surface area contributed by atoms with E-state index in [1.165, 1.54) is 27.9 Å². The van der Waals surface area contributed by atoms with Gasteiger partial charge in [-0.05, 0) is 40.3 Å². The van der Waals surface area contributed by atoms with Gasteiger partial charge in [-0.1, -0.05) is 66.8 Å². The van der Waals surface area contributed by atoms with Crippen molar-refractivity contribution < 1.29 is 0 Å². The van der Waals surface area contributed by atoms with E-state index in [2.05, 4.69) is 73.2 Å². The Hall–Kier alpha value is -3.20. The lowest BCUT2D eigenvalue weighted by Gasteiger charge is -2.22. The van der Waals surface area contributed by atoms with Crippen molar-refractivity contribution in [1.82, 2.24) is 0 Å². The van der Waals surface area contributed by atoms with Gasteiger partial charge in [0.25, 0.3) is 0 Å². The monoisotopic (exact) mass is 351 g/mol. The maximum Gasteiger partial charge on any atom is 0.0936 e. The van der Waals surface area contributed by atoms with E-state index in [9.17, 15) is 0 Å². The molecule has 0 bridgehead atoms. The summed E-state index contributed by atoms with van der Waals surface area (Å²) in [7, 11) is 0. The summed E-state index contributed by atoms with van der Waals surface area (Å²) >= 11 is 0. The first-order valence-corrected chi connectivity index (χ1v) is 9.39. The molecule has 2 atom stereocenters. The zero-order chi connectivity index (χ0) is 18.2. The SMILES string of the molecule is Nc1ccccc1CC(C1=C2C=CC=CC2N=C1)C1=C2C=CC=CC2N=C1. The van der Waals surface area contributed by atoms with Gasteiger partial charge in [-0.15, -0.1) is 0 Å². The summed E-state index contributed by atoms with van der Waals surface area (Å²) < 4.78 is 0. The van der Waals surface area contributed by atoms with Crippen LogP contribution in [0, 0.1) is 5.92 Å². The first-order chi connectivity index (χ1) is 13.3. The molecule has 0 spiro atoms. The van der Waals surface area contributed by atoms with E-state index in [-0.39, 0.29) is 18.0 Å². The maximum absolute atomic E-state index is 6.28. The third-order valence-electron chi connectivity index (χ3n) is 5.64. The number of hydrogen-bond donors (Lipinski definition) is 1. The van der Waals surface area contributed by atoms with Crippen LogP contribution in [-0.2, 0) is 6.42 Å². The Labute approximate surface area is 159 Å². The van der Waals surface area contributed by atoms with E-state index in [0.717, 1.165) is 12.1 Å². The lowest BCUT2D eigenvalue weighted by Crippen LogP contribution is -2.17. The maximum atomic E-state index is 6.28. The van der Waals surface area contributed by atoms with Crippen LogP contribution in [0.3, 0.4) is 0 Å². The molecule has 1 aromatic carbocycles. The summed E-state index contributed by atoms with van der Waals surface area (Å²) in [5.74, 6) is 0.189. The molecule has 0 saturated carbocycles. The van der Waals surface area contributed by atoms with Gasteiger partial charge < -0.3 is 5.73 Å². The van der Waals surface area contributed by atoms with Crippen LogP contribution in [-0.4, -0.2) is 24.5 Å². The summed E-state index contributed by atoms with van der Waals surface area (Å²) in [6.07, 6.45) is 22.0. The lowest BCUT2D eigenvalue weighted by atomic mass is 9.80. The highest BCUT2D eigenvalue weighted by molar-refractivity contribution is 5.93. The summed E-state index contributed by atoms with van der Waals surface area (Å²) in [4.78, 5) is 9.46. The smallest absolute Gasteiger partial charge is 0.0936 e. The molecule has 27 heavy (non-hydrogen) atoms. The van der Waals surface area contributed by atoms with E-state index < -0.39 is 0 Å². The van der Waals surface area contributed by atoms with Crippen molar-refractivity contribution in [2.24, 2.45) is 15.9 Å². The zero-order valence-electron chi connectivity index (χ0n) is 15.0. The molecule has 4 aliphatic rings. The Balaban J connectivity index is 1.62. The molecule has 2 heterocycles. The molecule has 0 fully saturated rings. The molecule has 0 saturated heterocycles. The number of fused-ring (bicyclic) bond motifs is 2. The number of anilines is 1. The Morgan fingerprint density at radius 3 is 2.00 bits per heavy atom. The second-order valence-electron chi connectivity index (χ2n) is 7.21. The third-order valence-corrected chi connectivity index (χ3v) is 5.64. The molecule has 2 unspecified atom stereocenters. The van der Waals surface area contributed by atoms with E-state index in [1.807, 2.05) is 12.1 Å². The van der Waals surface area contributed by atoms with Gasteiger partial charge in [-0.3, -0.25) is 9.98 Å². The predicted molar refractivity (Wildman–Crippen MR) is 113 cm³/mol. The normalized spacial score (nSPS) is 25.5. The number of allylic oxidation sites excluding steroid dienone is 6. The van der Waals surface area contributed by atoms with Gasteiger partial charge in [-0.2, -0.15) is 0 Å². The average Bonchev–Trinajstić information content (AvgIpc) is 3.32. The van der Waals surface area contributed by atoms with Crippen molar-refractivity contribution in [3.05, 3.63) is 101 Å². The van der Waals surface area contributed by atoms with Crippen LogP contribution in [0.5, 0.6) is 0 Å². The van der Waals surface area contributed by atoms with E-state index in [4.69, 9.17) is 15.7 Å². The Bertz CT molecular complexity index is 967. The van der Waals surface area contributed by atoms with Crippen molar-refractivity contribution in [1.29, 1.82) is 0 Å². The fourth-order valence-corrected chi connectivity index (χ4v) is 4.24. The Morgan fingerprint density at radius 1 is 0.815 bits per heavy atom. The second-order valence-corrected chi connectivity index (χ2v) is 7.21. The van der Waals surface area contributed by atoms with Gasteiger partial charge in [-0.25, -0.2) is 0 Å². The van der Waals surface area contributed by atoms with Crippen molar-refractivity contribution >= 4 is 18.1 Å². The number of nitrogens with zero attached hydrogens (tertiary/aromatic N) is 2. The molecule has 132 valence electrons. The van der Waals surface area contributed by atoms with Crippen molar-refractivity contribution in [3.63, 3.8) is 0 Å². The minimum absolute atomic E-state index is 0.141. The van der Waals surface area contributed by atoms with E-state index >= 15 is 0 Å². The first kappa shape index (κ1) is 16.0. The largest absolute Gasteiger partial charge is 0.399 e. The molecule has 2 N–H and O–H groups in total. The molecule has 2 aliphatic heterocycles. The Kier molecular flexibility index (Phi) is 3.86. The highest BCUT2D eigenvalue weighted by atomic mass is 14.8. The van der Waals surface area contributed by atoms with Crippen LogP contribution in [0.25, 0.3) is 0 Å². The fourth-order valence-electron chi connectivity index (χ4n) is 4.24. The van der Waals surface area contributed by atoms with Gasteiger partial charge in [0.1, 0.15) is 0 Å². The average molecular weight is 351 g/mol. The second kappa shape index (κ2) is 6.51. The molecule has 0 amide bonds. The molecule has 5 rings (SSSR count). The highest BCUT2D eigenvalue weighted by Gasteiger charge is 2.32. The minimum Gasteiger partial charge on any atom is -0.399 e. The molecule has 2 aliphatic carbocycles. The molecule has 0 aromatic heterocycles. The predicted octanol–water partition coefficient (Wildman–Crippen LogP) is 4.18. The number of rotatable bonds is 4. The summed E-state index contributed by atoms with van der Waals surface area (Å²) in [6, 6.07) is 8.43. The molecule has 3 heteroatoms. The van der Waals surface area contributed by atoms with Gasteiger partial charge in [0.05, 0.1) is 12.1 Å². The van der Waals surface area contributed by atoms with Crippen LogP contribution in [0.15, 0.2) is 105 Å². The third kappa shape index (κ3) is 2.76. The number of benzene rings is 1. The van der Waals surface area contributed by atoms with Crippen molar-refractivity contribution in [2.75, 3.05) is 5.73 Å².